The van der Waals surface area contributed by atoms with Crippen molar-refractivity contribution in [3.63, 3.8) is 0 Å². The first-order chi connectivity index (χ1) is 12.2. The van der Waals surface area contributed by atoms with Crippen LogP contribution >= 0.6 is 7.60 Å². The molecule has 2 aromatic heterocycles. The summed E-state index contributed by atoms with van der Waals surface area (Å²) in [6, 6.07) is 0. The maximum atomic E-state index is 12.8. The highest BCUT2D eigenvalue weighted by molar-refractivity contribution is 7.57. The Kier molecular flexibility index (Phi) is 6.71. The highest BCUT2D eigenvalue weighted by Gasteiger charge is 2.25. The maximum absolute atomic E-state index is 12.8. The summed E-state index contributed by atoms with van der Waals surface area (Å²) in [6.45, 7) is 6.65. The lowest BCUT2D eigenvalue weighted by Crippen LogP contribution is -2.26. The third-order valence-electron chi connectivity index (χ3n) is 2.96. The van der Waals surface area contributed by atoms with Gasteiger partial charge in [0.1, 0.15) is 12.7 Å². The Morgan fingerprint density at radius 1 is 1.23 bits per heavy atom. The summed E-state index contributed by atoms with van der Waals surface area (Å²) < 4.78 is 24.9. The quantitative estimate of drug-likeness (QED) is 0.619. The molecule has 144 valence electrons. The minimum absolute atomic E-state index is 0.216. The van der Waals surface area contributed by atoms with Crippen molar-refractivity contribution < 1.29 is 23.6 Å². The molecule has 0 radical (unpaired) electrons. The van der Waals surface area contributed by atoms with Gasteiger partial charge in [0.2, 0.25) is 5.65 Å². The van der Waals surface area contributed by atoms with Crippen LogP contribution in [0, 0.1) is 0 Å². The van der Waals surface area contributed by atoms with E-state index in [0.717, 1.165) is 0 Å². The minimum Gasteiger partial charge on any atom is -0.401 e. The second-order valence-corrected chi connectivity index (χ2v) is 7.82. The Bertz CT molecular complexity index is 793. The highest BCUT2D eigenvalue weighted by Crippen LogP contribution is 2.52. The fraction of sp³-hybridized carbons (Fsp3) is 0.533. The molecule has 10 nitrogen and oxygen atoms in total. The molecular formula is C15H24N5O5P. The second kappa shape index (κ2) is 8.59. The van der Waals surface area contributed by atoms with Crippen molar-refractivity contribution in [2.75, 3.05) is 12.3 Å². The zero-order chi connectivity index (χ0) is 19.3. The molecule has 0 aromatic carbocycles. The first kappa shape index (κ1) is 20.3. The van der Waals surface area contributed by atoms with Gasteiger partial charge in [-0.15, -0.1) is 0 Å². The summed E-state index contributed by atoms with van der Waals surface area (Å²) in [4.78, 5) is 17.6. The molecule has 0 aliphatic heterocycles. The molecule has 0 spiro atoms. The van der Waals surface area contributed by atoms with Gasteiger partial charge in [0.05, 0.1) is 18.8 Å². The molecule has 11 heteroatoms. The number of aromatic nitrogens is 4. The van der Waals surface area contributed by atoms with Gasteiger partial charge >= 0.3 is 7.60 Å². The first-order valence-corrected chi connectivity index (χ1v) is 9.72. The lowest BCUT2D eigenvalue weighted by molar-refractivity contribution is 0.0344. The van der Waals surface area contributed by atoms with E-state index in [1.165, 1.54) is 29.3 Å². The summed E-state index contributed by atoms with van der Waals surface area (Å²) in [6.07, 6.45) is 2.64. The molecule has 2 rings (SSSR count). The Balaban J connectivity index is 2.20. The average Bonchev–Trinajstić information content (AvgIpc) is 2.94. The molecule has 1 atom stereocenters. The molecule has 0 fully saturated rings. The molecule has 2 heterocycles. The first-order valence-electron chi connectivity index (χ1n) is 8.11. The van der Waals surface area contributed by atoms with Crippen LogP contribution in [0.2, 0.25) is 0 Å². The number of nitrogen functional groups attached to an aromatic ring is 1. The van der Waals surface area contributed by atoms with Crippen LogP contribution in [0.5, 0.6) is 0 Å². The van der Waals surface area contributed by atoms with Crippen molar-refractivity contribution in [1.82, 2.24) is 19.7 Å². The Labute approximate surface area is 151 Å². The minimum atomic E-state index is -3.49. The predicted molar refractivity (Wildman–Crippen MR) is 96.4 cm³/mol. The maximum Gasteiger partial charge on any atom is 0.354 e. The Morgan fingerprint density at radius 2 is 1.88 bits per heavy atom. The van der Waals surface area contributed by atoms with Crippen molar-refractivity contribution in [3.05, 3.63) is 24.5 Å². The van der Waals surface area contributed by atoms with E-state index in [-0.39, 0.29) is 24.6 Å². The van der Waals surface area contributed by atoms with Crippen LogP contribution in [0.15, 0.2) is 24.5 Å². The lowest BCUT2D eigenvalue weighted by atomic mass is 10.4. The number of nitrogens with zero attached hydrogens (tertiary/aromatic N) is 4. The normalized spacial score (nSPS) is 14.0. The van der Waals surface area contributed by atoms with E-state index in [4.69, 9.17) is 19.6 Å². The molecular weight excluding hydrogens is 361 g/mol. The van der Waals surface area contributed by atoms with Crippen LogP contribution in [0.4, 0.5) is 5.82 Å². The van der Waals surface area contributed by atoms with Gasteiger partial charge in [-0.2, -0.15) is 4.73 Å². The van der Waals surface area contributed by atoms with Gasteiger partial charge in [-0.05, 0) is 33.8 Å². The van der Waals surface area contributed by atoms with E-state index >= 15 is 0 Å². The number of hydrogen-bond acceptors (Lipinski definition) is 9. The molecule has 0 saturated carbocycles. The summed E-state index contributed by atoms with van der Waals surface area (Å²) in [5, 5.41) is 9.57. The van der Waals surface area contributed by atoms with Crippen LogP contribution in [-0.2, 0) is 13.6 Å². The van der Waals surface area contributed by atoms with Gasteiger partial charge in [-0.1, -0.05) is 0 Å². The van der Waals surface area contributed by atoms with E-state index in [0.29, 0.717) is 11.2 Å². The number of aliphatic hydroxyl groups excluding tert-OH is 1. The molecule has 3 N–H and O–H groups in total. The van der Waals surface area contributed by atoms with E-state index in [1.54, 1.807) is 27.7 Å². The van der Waals surface area contributed by atoms with E-state index in [9.17, 15) is 9.67 Å². The molecule has 26 heavy (non-hydrogen) atoms. The third-order valence-corrected chi connectivity index (χ3v) is 4.93. The number of aliphatic hydroxyl groups is 1. The molecule has 1 unspecified atom stereocenters. The molecule has 0 aliphatic rings. The van der Waals surface area contributed by atoms with E-state index < -0.39 is 13.7 Å². The zero-order valence-corrected chi connectivity index (χ0v) is 16.0. The average molecular weight is 385 g/mol. The Morgan fingerprint density at radius 3 is 2.46 bits per heavy atom. The standard InChI is InChI=1S/C15H24N5O5P/c1-10(2)24-26(22,25-11(3)4)6-5-12(7-21)23-20-9-19-13-14(16)17-8-18-15(13)20/h5-6,8-12,21H,7H2,1-4H3,(H2,16,17,18)/b6-5+. The number of imidazole rings is 1. The number of rotatable bonds is 9. The van der Waals surface area contributed by atoms with Gasteiger partial charge in [0.15, 0.2) is 17.4 Å². The van der Waals surface area contributed by atoms with Gasteiger partial charge in [0, 0.05) is 5.82 Å². The number of hydrogen-bond donors (Lipinski definition) is 2. The van der Waals surface area contributed by atoms with Crippen LogP contribution < -0.4 is 10.6 Å². The molecule has 0 saturated heterocycles. The number of nitrogens with two attached hydrogens (primary N) is 1. The van der Waals surface area contributed by atoms with Gasteiger partial charge in [0.25, 0.3) is 0 Å². The molecule has 0 bridgehead atoms. The number of anilines is 1. The molecule has 2 aromatic rings. The van der Waals surface area contributed by atoms with Gasteiger partial charge < -0.3 is 24.7 Å². The summed E-state index contributed by atoms with van der Waals surface area (Å²) in [5.41, 5.74) is 6.46. The summed E-state index contributed by atoms with van der Waals surface area (Å²) >= 11 is 0. The van der Waals surface area contributed by atoms with E-state index in [2.05, 4.69) is 15.0 Å². The SMILES string of the molecule is CC(C)OP(=O)(/C=C/C(CO)On1cnc2c(N)ncnc21)OC(C)C. The zero-order valence-electron chi connectivity index (χ0n) is 15.1. The van der Waals surface area contributed by atoms with Crippen LogP contribution in [0.1, 0.15) is 27.7 Å². The molecule has 0 aliphatic carbocycles. The smallest absolute Gasteiger partial charge is 0.354 e. The van der Waals surface area contributed by atoms with Crippen molar-refractivity contribution in [3.8, 4) is 0 Å². The van der Waals surface area contributed by atoms with Crippen LogP contribution in [0.25, 0.3) is 11.2 Å². The van der Waals surface area contributed by atoms with Crippen molar-refractivity contribution >= 4 is 24.6 Å². The largest absolute Gasteiger partial charge is 0.401 e. The fourth-order valence-electron chi connectivity index (χ4n) is 2.07. The summed E-state index contributed by atoms with van der Waals surface area (Å²) in [7, 11) is -3.49. The van der Waals surface area contributed by atoms with Crippen molar-refractivity contribution in [1.29, 1.82) is 0 Å². The lowest BCUT2D eigenvalue weighted by Gasteiger charge is -2.20. The fourth-order valence-corrected chi connectivity index (χ4v) is 3.84. The summed E-state index contributed by atoms with van der Waals surface area (Å²) in [5.74, 6) is 1.50. The topological polar surface area (TPSA) is 135 Å². The van der Waals surface area contributed by atoms with Crippen LogP contribution in [0.3, 0.4) is 0 Å². The Hall–Kier alpha value is -2.00. The highest BCUT2D eigenvalue weighted by atomic mass is 31.2. The van der Waals surface area contributed by atoms with Crippen LogP contribution in [-0.4, -0.2) is 49.7 Å². The van der Waals surface area contributed by atoms with Gasteiger partial charge in [-0.3, -0.25) is 4.57 Å². The van der Waals surface area contributed by atoms with Crippen molar-refractivity contribution in [2.24, 2.45) is 0 Å². The van der Waals surface area contributed by atoms with Gasteiger partial charge in [-0.25, -0.2) is 15.0 Å². The monoisotopic (exact) mass is 385 g/mol. The van der Waals surface area contributed by atoms with E-state index in [1.807, 2.05) is 0 Å². The van der Waals surface area contributed by atoms with Crippen molar-refractivity contribution in [2.45, 2.75) is 46.0 Å². The second-order valence-electron chi connectivity index (χ2n) is 6.02. The molecule has 0 amide bonds. The predicted octanol–water partition coefficient (Wildman–Crippen LogP) is 1.75. The third kappa shape index (κ3) is 5.25. The number of fused-ring (bicyclic) bond motifs is 1.